The summed E-state index contributed by atoms with van der Waals surface area (Å²) in [5, 5.41) is 2.95. The maximum absolute atomic E-state index is 12.7. The van der Waals surface area contributed by atoms with Crippen LogP contribution in [0.1, 0.15) is 40.0 Å². The van der Waals surface area contributed by atoms with E-state index in [1.54, 1.807) is 24.3 Å². The third kappa shape index (κ3) is 4.39. The number of aryl methyl sites for hydroxylation is 2. The van der Waals surface area contributed by atoms with Crippen LogP contribution >= 0.6 is 0 Å². The van der Waals surface area contributed by atoms with E-state index in [9.17, 15) is 13.2 Å². The lowest BCUT2D eigenvalue weighted by molar-refractivity contribution is 0.0940. The van der Waals surface area contributed by atoms with Gasteiger partial charge in [0.2, 0.25) is 10.0 Å². The van der Waals surface area contributed by atoms with Crippen molar-refractivity contribution < 1.29 is 13.2 Å². The van der Waals surface area contributed by atoms with Gasteiger partial charge in [0.1, 0.15) is 0 Å². The normalized spacial score (nSPS) is 12.5. The summed E-state index contributed by atoms with van der Waals surface area (Å²) in [5.74, 6) is -0.308. The van der Waals surface area contributed by atoms with Crippen molar-refractivity contribution in [2.24, 2.45) is 0 Å². The lowest BCUT2D eigenvalue weighted by Gasteiger charge is -2.21. The summed E-state index contributed by atoms with van der Waals surface area (Å²) < 4.78 is 24.7. The monoisotopic (exact) mass is 360 g/mol. The fourth-order valence-electron chi connectivity index (χ4n) is 2.51. The van der Waals surface area contributed by atoms with Gasteiger partial charge in [0.25, 0.3) is 5.91 Å². The SMILES string of the molecule is Cc1ccc(C(C)NC(=O)c2ccccc2N(C)S(C)(=O)=O)cc1C. The minimum atomic E-state index is -3.45. The molecule has 0 saturated carbocycles. The molecule has 6 heteroatoms. The first kappa shape index (κ1) is 19.0. The van der Waals surface area contributed by atoms with Gasteiger partial charge in [0.05, 0.1) is 23.5 Å². The van der Waals surface area contributed by atoms with Crippen molar-refractivity contribution in [2.75, 3.05) is 17.6 Å². The summed E-state index contributed by atoms with van der Waals surface area (Å²) in [6, 6.07) is 12.5. The average molecular weight is 360 g/mol. The summed E-state index contributed by atoms with van der Waals surface area (Å²) in [7, 11) is -2.01. The Labute approximate surface area is 149 Å². The Morgan fingerprint density at radius 1 is 1.08 bits per heavy atom. The van der Waals surface area contributed by atoms with Crippen LogP contribution in [0.2, 0.25) is 0 Å². The number of carbonyl (C=O) groups is 1. The molecule has 2 rings (SSSR count). The second kappa shape index (κ2) is 7.27. The van der Waals surface area contributed by atoms with E-state index in [0.717, 1.165) is 21.7 Å². The number of rotatable bonds is 5. The molecule has 0 heterocycles. The molecule has 1 amide bonds. The van der Waals surface area contributed by atoms with E-state index in [-0.39, 0.29) is 11.9 Å². The highest BCUT2D eigenvalue weighted by Gasteiger charge is 2.20. The molecule has 25 heavy (non-hydrogen) atoms. The van der Waals surface area contributed by atoms with Crippen LogP contribution in [0.3, 0.4) is 0 Å². The highest BCUT2D eigenvalue weighted by Crippen LogP contribution is 2.23. The number of anilines is 1. The van der Waals surface area contributed by atoms with E-state index in [1.807, 2.05) is 32.9 Å². The third-order valence-corrected chi connectivity index (χ3v) is 5.56. The predicted molar refractivity (Wildman–Crippen MR) is 101 cm³/mol. The average Bonchev–Trinajstić information content (AvgIpc) is 2.55. The Morgan fingerprint density at radius 3 is 2.32 bits per heavy atom. The topological polar surface area (TPSA) is 66.5 Å². The maximum Gasteiger partial charge on any atom is 0.253 e. The summed E-state index contributed by atoms with van der Waals surface area (Å²) in [5.41, 5.74) is 4.05. The molecule has 0 bridgehead atoms. The van der Waals surface area contributed by atoms with Gasteiger partial charge in [-0.1, -0.05) is 30.3 Å². The number of carbonyl (C=O) groups excluding carboxylic acids is 1. The Kier molecular flexibility index (Phi) is 5.52. The van der Waals surface area contributed by atoms with Crippen LogP contribution in [0.5, 0.6) is 0 Å². The highest BCUT2D eigenvalue weighted by atomic mass is 32.2. The second-order valence-corrected chi connectivity index (χ2v) is 8.30. The number of hydrogen-bond acceptors (Lipinski definition) is 3. The van der Waals surface area contributed by atoms with Gasteiger partial charge in [-0.15, -0.1) is 0 Å². The number of benzene rings is 2. The van der Waals surface area contributed by atoms with Crippen LogP contribution in [0.4, 0.5) is 5.69 Å². The highest BCUT2D eigenvalue weighted by molar-refractivity contribution is 7.92. The molecule has 5 nitrogen and oxygen atoms in total. The first-order valence-corrected chi connectivity index (χ1v) is 9.87. The Bertz CT molecular complexity index is 891. The lowest BCUT2D eigenvalue weighted by atomic mass is 10.0. The van der Waals surface area contributed by atoms with Crippen molar-refractivity contribution in [3.8, 4) is 0 Å². The van der Waals surface area contributed by atoms with E-state index in [1.165, 1.54) is 12.6 Å². The van der Waals surface area contributed by atoms with Crippen LogP contribution in [-0.2, 0) is 10.0 Å². The molecule has 134 valence electrons. The van der Waals surface area contributed by atoms with Gasteiger partial charge >= 0.3 is 0 Å². The molecular weight excluding hydrogens is 336 g/mol. The first-order chi connectivity index (χ1) is 11.6. The predicted octanol–water partition coefficient (Wildman–Crippen LogP) is 3.19. The lowest BCUT2D eigenvalue weighted by Crippen LogP contribution is -2.31. The fourth-order valence-corrected chi connectivity index (χ4v) is 3.03. The summed E-state index contributed by atoms with van der Waals surface area (Å²) in [6.07, 6.45) is 1.11. The quantitative estimate of drug-likeness (QED) is 0.890. The Hall–Kier alpha value is -2.34. The van der Waals surface area contributed by atoms with Gasteiger partial charge in [-0.25, -0.2) is 8.42 Å². The van der Waals surface area contributed by atoms with Crippen molar-refractivity contribution in [1.29, 1.82) is 0 Å². The second-order valence-electron chi connectivity index (χ2n) is 6.29. The minimum absolute atomic E-state index is 0.191. The zero-order valence-electron chi connectivity index (χ0n) is 15.2. The van der Waals surface area contributed by atoms with Gasteiger partial charge in [-0.3, -0.25) is 9.10 Å². The zero-order chi connectivity index (χ0) is 18.8. The summed E-state index contributed by atoms with van der Waals surface area (Å²) >= 11 is 0. The standard InChI is InChI=1S/C19H24N2O3S/c1-13-10-11-16(12-14(13)2)15(3)20-19(22)17-8-6-7-9-18(17)21(4)25(5,23)24/h6-12,15H,1-5H3,(H,20,22). The van der Waals surface area contributed by atoms with Gasteiger partial charge in [-0.05, 0) is 49.6 Å². The summed E-state index contributed by atoms with van der Waals surface area (Å²) in [4.78, 5) is 12.7. The largest absolute Gasteiger partial charge is 0.345 e. The molecule has 0 radical (unpaired) electrons. The molecule has 2 aromatic rings. The van der Waals surface area contributed by atoms with E-state index >= 15 is 0 Å². The van der Waals surface area contributed by atoms with Crippen molar-refractivity contribution in [3.63, 3.8) is 0 Å². The van der Waals surface area contributed by atoms with Crippen LogP contribution in [0, 0.1) is 13.8 Å². The molecule has 0 aliphatic carbocycles. The first-order valence-electron chi connectivity index (χ1n) is 8.02. The molecular formula is C19H24N2O3S. The number of para-hydroxylation sites is 1. The van der Waals surface area contributed by atoms with Gasteiger partial charge < -0.3 is 5.32 Å². The molecule has 0 aliphatic rings. The van der Waals surface area contributed by atoms with E-state index in [2.05, 4.69) is 11.4 Å². The van der Waals surface area contributed by atoms with Crippen molar-refractivity contribution in [3.05, 3.63) is 64.7 Å². The van der Waals surface area contributed by atoms with Crippen LogP contribution in [0.25, 0.3) is 0 Å². The minimum Gasteiger partial charge on any atom is -0.345 e. The molecule has 1 unspecified atom stereocenters. The van der Waals surface area contributed by atoms with Crippen molar-refractivity contribution in [2.45, 2.75) is 26.8 Å². The van der Waals surface area contributed by atoms with E-state index < -0.39 is 10.0 Å². The third-order valence-electron chi connectivity index (χ3n) is 4.36. The smallest absolute Gasteiger partial charge is 0.253 e. The molecule has 0 fully saturated rings. The Morgan fingerprint density at radius 2 is 1.72 bits per heavy atom. The zero-order valence-corrected chi connectivity index (χ0v) is 16.0. The maximum atomic E-state index is 12.7. The van der Waals surface area contributed by atoms with Gasteiger partial charge in [-0.2, -0.15) is 0 Å². The van der Waals surface area contributed by atoms with E-state index in [0.29, 0.717) is 11.3 Å². The van der Waals surface area contributed by atoms with Crippen molar-refractivity contribution >= 4 is 21.6 Å². The fraction of sp³-hybridized carbons (Fsp3) is 0.316. The molecule has 1 atom stereocenters. The van der Waals surface area contributed by atoms with E-state index in [4.69, 9.17) is 0 Å². The molecule has 0 spiro atoms. The number of amides is 1. The molecule has 0 aromatic heterocycles. The van der Waals surface area contributed by atoms with Crippen LogP contribution in [-0.4, -0.2) is 27.6 Å². The van der Waals surface area contributed by atoms with Gasteiger partial charge in [0, 0.05) is 7.05 Å². The molecule has 1 N–H and O–H groups in total. The number of hydrogen-bond donors (Lipinski definition) is 1. The van der Waals surface area contributed by atoms with Crippen LogP contribution in [0.15, 0.2) is 42.5 Å². The number of nitrogens with zero attached hydrogens (tertiary/aromatic N) is 1. The number of sulfonamides is 1. The Balaban J connectivity index is 2.28. The molecule has 0 aliphatic heterocycles. The molecule has 0 saturated heterocycles. The van der Waals surface area contributed by atoms with Crippen LogP contribution < -0.4 is 9.62 Å². The van der Waals surface area contributed by atoms with Gasteiger partial charge in [0.15, 0.2) is 0 Å². The summed E-state index contributed by atoms with van der Waals surface area (Å²) in [6.45, 7) is 5.98. The number of nitrogens with one attached hydrogen (secondary N) is 1. The van der Waals surface area contributed by atoms with Crippen molar-refractivity contribution in [1.82, 2.24) is 5.32 Å². The molecule has 2 aromatic carbocycles.